The normalized spacial score (nSPS) is 18.7. The van der Waals surface area contributed by atoms with Crippen LogP contribution in [0.4, 0.5) is 22.0 Å². The van der Waals surface area contributed by atoms with Crippen LogP contribution in [0.3, 0.4) is 0 Å². The number of halogens is 5. The number of benzene rings is 3. The van der Waals surface area contributed by atoms with Gasteiger partial charge in [-0.1, -0.05) is 42.5 Å². The number of amides is 1. The van der Waals surface area contributed by atoms with Crippen molar-refractivity contribution in [2.24, 2.45) is 10.9 Å². The summed E-state index contributed by atoms with van der Waals surface area (Å²) in [5, 5.41) is 0. The van der Waals surface area contributed by atoms with Crippen molar-refractivity contribution in [1.29, 1.82) is 0 Å². The van der Waals surface area contributed by atoms with E-state index in [1.165, 1.54) is 30.3 Å². The average Bonchev–Trinajstić information content (AvgIpc) is 3.57. The van der Waals surface area contributed by atoms with Crippen LogP contribution in [0.1, 0.15) is 42.9 Å². The molecule has 0 bridgehead atoms. The summed E-state index contributed by atoms with van der Waals surface area (Å²) < 4.78 is 76.1. The Balaban J connectivity index is 1.33. The van der Waals surface area contributed by atoms with E-state index in [1.54, 1.807) is 29.2 Å². The molecule has 3 aromatic carbocycles. The highest BCUT2D eigenvalue weighted by molar-refractivity contribution is 6.04. The maximum Gasteiger partial charge on any atom is 0.573 e. The largest absolute Gasteiger partial charge is 0.573 e. The Morgan fingerprint density at radius 3 is 2.19 bits per heavy atom. The van der Waals surface area contributed by atoms with Gasteiger partial charge in [0.15, 0.2) is 0 Å². The maximum absolute atomic E-state index is 14.6. The van der Waals surface area contributed by atoms with Gasteiger partial charge < -0.3 is 14.4 Å². The predicted octanol–water partition coefficient (Wildman–Crippen LogP) is 6.64. The first kappa shape index (κ1) is 29.2. The summed E-state index contributed by atoms with van der Waals surface area (Å²) in [7, 11) is 0. The van der Waals surface area contributed by atoms with Crippen molar-refractivity contribution < 1.29 is 41.0 Å². The van der Waals surface area contributed by atoms with Crippen LogP contribution in [0.25, 0.3) is 11.1 Å². The van der Waals surface area contributed by atoms with Gasteiger partial charge in [-0.3, -0.25) is 14.6 Å². The van der Waals surface area contributed by atoms with Crippen LogP contribution in [0.15, 0.2) is 71.7 Å². The van der Waals surface area contributed by atoms with Crippen molar-refractivity contribution in [2.75, 3.05) is 19.7 Å². The van der Waals surface area contributed by atoms with E-state index in [0.29, 0.717) is 42.6 Å². The molecule has 2 aliphatic heterocycles. The van der Waals surface area contributed by atoms with Gasteiger partial charge in [0.25, 0.3) is 0 Å². The molecule has 0 N–H and O–H groups in total. The summed E-state index contributed by atoms with van der Waals surface area (Å²) in [6.45, 7) is 1.25. The van der Waals surface area contributed by atoms with Crippen molar-refractivity contribution in [2.45, 2.75) is 38.1 Å². The first-order valence-corrected chi connectivity index (χ1v) is 13.5. The van der Waals surface area contributed by atoms with Crippen LogP contribution >= 0.6 is 0 Å². The first-order valence-electron chi connectivity index (χ1n) is 13.5. The first-order chi connectivity index (χ1) is 20.1. The summed E-state index contributed by atoms with van der Waals surface area (Å²) in [4.78, 5) is 31.3. The van der Waals surface area contributed by atoms with Crippen LogP contribution in [0.2, 0.25) is 0 Å². The fourth-order valence-corrected chi connectivity index (χ4v) is 5.29. The number of aliphatic imine (C=N–C) groups is 1. The van der Waals surface area contributed by atoms with Crippen molar-refractivity contribution in [3.05, 3.63) is 89.5 Å². The Kier molecular flexibility index (Phi) is 8.56. The third-order valence-corrected chi connectivity index (χ3v) is 7.30. The third kappa shape index (κ3) is 6.78. The number of carbonyl (C=O) groups excluding carboxylic acids is 2. The van der Waals surface area contributed by atoms with E-state index in [9.17, 15) is 31.5 Å². The minimum Gasteiger partial charge on any atom is -0.465 e. The lowest BCUT2D eigenvalue weighted by molar-refractivity contribution is -0.274. The van der Waals surface area contributed by atoms with E-state index < -0.39 is 35.9 Å². The molecule has 2 aliphatic rings. The van der Waals surface area contributed by atoms with E-state index in [-0.39, 0.29) is 36.0 Å². The highest BCUT2D eigenvalue weighted by Gasteiger charge is 2.39. The number of nitrogens with zero attached hydrogens (tertiary/aromatic N) is 2. The Bertz CT molecular complexity index is 1450. The second kappa shape index (κ2) is 12.3. The van der Waals surface area contributed by atoms with Crippen LogP contribution in [0, 0.1) is 17.6 Å². The SMILES string of the molecule is O=C(OCCCN1CCCC1=O)[C@H]1CC(c2c(F)cccc2F)=NC1c1ccc(-c2ccc(OC(F)(F)F)cc2)cc1. The van der Waals surface area contributed by atoms with Gasteiger partial charge in [-0.25, -0.2) is 8.78 Å². The second-order valence-electron chi connectivity index (χ2n) is 10.1. The monoisotopic (exact) mass is 586 g/mol. The Hall–Kier alpha value is -4.28. The molecule has 3 aromatic rings. The summed E-state index contributed by atoms with van der Waals surface area (Å²) in [5.74, 6) is -3.24. The zero-order valence-electron chi connectivity index (χ0n) is 22.4. The lowest BCUT2D eigenvalue weighted by atomic mass is 9.90. The van der Waals surface area contributed by atoms with E-state index >= 15 is 0 Å². The number of hydrogen-bond donors (Lipinski definition) is 0. The zero-order valence-corrected chi connectivity index (χ0v) is 22.4. The average molecular weight is 587 g/mol. The van der Waals surface area contributed by atoms with Gasteiger partial charge >= 0.3 is 12.3 Å². The Labute approximate surface area is 238 Å². The molecule has 2 atom stereocenters. The molecule has 1 saturated heterocycles. The van der Waals surface area contributed by atoms with Crippen molar-refractivity contribution >= 4 is 17.6 Å². The number of alkyl halides is 3. The minimum absolute atomic E-state index is 0.0333. The molecule has 1 amide bonds. The van der Waals surface area contributed by atoms with Crippen LogP contribution in [-0.2, 0) is 14.3 Å². The summed E-state index contributed by atoms with van der Waals surface area (Å²) in [5.41, 5.74) is 1.75. The van der Waals surface area contributed by atoms with Crippen LogP contribution in [-0.4, -0.2) is 48.5 Å². The van der Waals surface area contributed by atoms with E-state index in [1.807, 2.05) is 0 Å². The molecule has 5 rings (SSSR count). The molecule has 0 spiro atoms. The van der Waals surface area contributed by atoms with E-state index in [0.717, 1.165) is 18.6 Å². The quantitative estimate of drug-likeness (QED) is 0.160. The molecule has 0 aliphatic carbocycles. The van der Waals surface area contributed by atoms with E-state index in [4.69, 9.17) is 4.74 Å². The smallest absolute Gasteiger partial charge is 0.465 e. The van der Waals surface area contributed by atoms with Gasteiger partial charge in [0.1, 0.15) is 17.4 Å². The molecule has 0 saturated carbocycles. The lowest BCUT2D eigenvalue weighted by Crippen LogP contribution is -2.27. The zero-order chi connectivity index (χ0) is 29.9. The van der Waals surface area contributed by atoms with Crippen molar-refractivity contribution in [3.63, 3.8) is 0 Å². The third-order valence-electron chi connectivity index (χ3n) is 7.30. The number of likely N-dealkylation sites (tertiary alicyclic amines) is 1. The number of carbonyl (C=O) groups is 2. The molecule has 0 radical (unpaired) electrons. The number of esters is 1. The second-order valence-corrected chi connectivity index (χ2v) is 10.1. The summed E-state index contributed by atoms with van der Waals surface area (Å²) in [6, 6.07) is 15.0. The van der Waals surface area contributed by atoms with Crippen LogP contribution < -0.4 is 4.74 Å². The van der Waals surface area contributed by atoms with Crippen molar-refractivity contribution in [1.82, 2.24) is 4.90 Å². The van der Waals surface area contributed by atoms with Gasteiger partial charge in [-0.05, 0) is 53.8 Å². The van der Waals surface area contributed by atoms with E-state index in [2.05, 4.69) is 9.73 Å². The molecular formula is C31H27F5N2O4. The number of ether oxygens (including phenoxy) is 2. The number of hydrogen-bond acceptors (Lipinski definition) is 5. The highest BCUT2D eigenvalue weighted by Crippen LogP contribution is 2.39. The van der Waals surface area contributed by atoms with Gasteiger partial charge in [-0.2, -0.15) is 0 Å². The number of rotatable bonds is 9. The molecule has 11 heteroatoms. The predicted molar refractivity (Wildman–Crippen MR) is 144 cm³/mol. The van der Waals surface area contributed by atoms with Crippen molar-refractivity contribution in [3.8, 4) is 16.9 Å². The molecule has 1 fully saturated rings. The highest BCUT2D eigenvalue weighted by atomic mass is 19.4. The molecule has 220 valence electrons. The molecule has 2 heterocycles. The molecule has 42 heavy (non-hydrogen) atoms. The Morgan fingerprint density at radius 1 is 0.952 bits per heavy atom. The molecule has 6 nitrogen and oxygen atoms in total. The fraction of sp³-hybridized carbons (Fsp3) is 0.323. The Morgan fingerprint density at radius 2 is 1.60 bits per heavy atom. The standard InChI is InChI=1S/C31H27F5N2O4/c32-24-4-1-5-25(33)28(24)26-18-23(30(40)41-17-3-16-38-15-2-6-27(38)39)29(37-26)21-9-7-19(8-10-21)20-11-13-22(14-12-20)42-31(34,35)36/h1,4-5,7-14,23,29H,2-3,6,15-18H2/t23-,29?/m0/s1. The summed E-state index contributed by atoms with van der Waals surface area (Å²) in [6.07, 6.45) is -3.03. The minimum atomic E-state index is -4.79. The van der Waals surface area contributed by atoms with Gasteiger partial charge in [0.2, 0.25) is 5.91 Å². The molecular weight excluding hydrogens is 559 g/mol. The maximum atomic E-state index is 14.6. The topological polar surface area (TPSA) is 68.2 Å². The molecule has 0 aromatic heterocycles. The van der Waals surface area contributed by atoms with Gasteiger partial charge in [-0.15, -0.1) is 13.2 Å². The summed E-state index contributed by atoms with van der Waals surface area (Å²) >= 11 is 0. The lowest BCUT2D eigenvalue weighted by Gasteiger charge is -2.19. The van der Waals surface area contributed by atoms with Gasteiger partial charge in [0, 0.05) is 31.6 Å². The van der Waals surface area contributed by atoms with Crippen LogP contribution in [0.5, 0.6) is 5.75 Å². The molecule has 1 unspecified atom stereocenters. The fourth-order valence-electron chi connectivity index (χ4n) is 5.29. The van der Waals surface area contributed by atoms with Gasteiger partial charge in [0.05, 0.1) is 24.1 Å².